The quantitative estimate of drug-likeness (QED) is 0.693. The average molecular weight is 202 g/mol. The van der Waals surface area contributed by atoms with Gasteiger partial charge in [0.05, 0.1) is 5.69 Å². The first-order valence-electron chi connectivity index (χ1n) is 5.57. The first-order valence-corrected chi connectivity index (χ1v) is 5.57. The van der Waals surface area contributed by atoms with E-state index in [2.05, 4.69) is 35.1 Å². The van der Waals surface area contributed by atoms with Crippen LogP contribution in [0.4, 0.5) is 0 Å². The number of nitrogens with zero attached hydrogens (tertiary/aromatic N) is 2. The van der Waals surface area contributed by atoms with E-state index in [-0.39, 0.29) is 0 Å². The van der Waals surface area contributed by atoms with Gasteiger partial charge in [-0.25, -0.2) is 9.97 Å². The molecule has 0 spiro atoms. The highest BCUT2D eigenvalue weighted by Gasteiger charge is 2.06. The summed E-state index contributed by atoms with van der Waals surface area (Å²) in [6, 6.07) is 0. The van der Waals surface area contributed by atoms with Crippen molar-refractivity contribution in [3.63, 3.8) is 0 Å². The third kappa shape index (κ3) is 2.75. The molecule has 0 atom stereocenters. The van der Waals surface area contributed by atoms with Crippen LogP contribution >= 0.6 is 0 Å². The van der Waals surface area contributed by atoms with Gasteiger partial charge in [-0.2, -0.15) is 0 Å². The number of fused-ring (bicyclic) bond motifs is 1. The van der Waals surface area contributed by atoms with Gasteiger partial charge in [-0.15, -0.1) is 0 Å². The van der Waals surface area contributed by atoms with Crippen LogP contribution < -0.4 is 0 Å². The molecule has 2 heteroatoms. The van der Waals surface area contributed by atoms with E-state index in [4.69, 9.17) is 0 Å². The Bertz CT molecular complexity index is 365. The highest BCUT2D eigenvalue weighted by Crippen LogP contribution is 2.23. The van der Waals surface area contributed by atoms with Gasteiger partial charge in [0.1, 0.15) is 6.33 Å². The van der Waals surface area contributed by atoms with Crippen molar-refractivity contribution in [1.29, 1.82) is 0 Å². The maximum absolute atomic E-state index is 4.24. The van der Waals surface area contributed by atoms with Gasteiger partial charge in [0.2, 0.25) is 0 Å². The number of allylic oxidation sites excluding steroid dienone is 3. The largest absolute Gasteiger partial charge is 0.244 e. The summed E-state index contributed by atoms with van der Waals surface area (Å²) in [4.78, 5) is 8.29. The van der Waals surface area contributed by atoms with Crippen LogP contribution in [0.5, 0.6) is 0 Å². The van der Waals surface area contributed by atoms with Gasteiger partial charge >= 0.3 is 0 Å². The van der Waals surface area contributed by atoms with Crippen LogP contribution in [0.3, 0.4) is 0 Å². The summed E-state index contributed by atoms with van der Waals surface area (Å²) in [5.41, 5.74) is 3.57. The van der Waals surface area contributed by atoms with E-state index < -0.39 is 0 Å². The normalized spacial score (nSPS) is 13.1. The second kappa shape index (κ2) is 6.12. The predicted octanol–water partition coefficient (Wildman–Crippen LogP) is 3.71. The van der Waals surface area contributed by atoms with Gasteiger partial charge in [-0.3, -0.25) is 0 Å². The molecule has 0 amide bonds. The Labute approximate surface area is 91.8 Å². The fraction of sp³-hybridized carbons (Fsp3) is 0.385. The lowest BCUT2D eigenvalue weighted by molar-refractivity contribution is 1.12. The number of hydrogen-bond donors (Lipinski definition) is 0. The summed E-state index contributed by atoms with van der Waals surface area (Å²) in [5.74, 6) is 0. The Morgan fingerprint density at radius 1 is 1.33 bits per heavy atom. The Balaban J connectivity index is 0.000000531. The first kappa shape index (κ1) is 11.6. The minimum atomic E-state index is 1.000. The molecule has 2 rings (SSSR count). The number of rotatable bonds is 1. The van der Waals surface area contributed by atoms with Crippen molar-refractivity contribution in [3.05, 3.63) is 35.9 Å². The molecule has 1 heterocycles. The Morgan fingerprint density at radius 3 is 2.87 bits per heavy atom. The predicted molar refractivity (Wildman–Crippen MR) is 65.3 cm³/mol. The molecule has 1 aromatic rings. The molecule has 0 unspecified atom stereocenters. The third-order valence-electron chi connectivity index (χ3n) is 2.25. The molecule has 1 aliphatic carbocycles. The maximum atomic E-state index is 4.24. The molecule has 0 aromatic carbocycles. The van der Waals surface area contributed by atoms with Crippen LogP contribution in [-0.2, 0) is 0 Å². The summed E-state index contributed by atoms with van der Waals surface area (Å²) < 4.78 is 0. The summed E-state index contributed by atoms with van der Waals surface area (Å²) in [6.45, 7) is 6.16. The standard InChI is InChI=1S/C11H12N2.C2H6/c1-2-9-5-3-4-6-11-10(9)7-12-8-13-11;1-2/h4-8H,2-3H2,1H3;1-2H3. The van der Waals surface area contributed by atoms with Crippen molar-refractivity contribution in [3.8, 4) is 0 Å². The van der Waals surface area contributed by atoms with E-state index in [0.29, 0.717) is 0 Å². The average Bonchev–Trinajstić information content (AvgIpc) is 2.53. The van der Waals surface area contributed by atoms with Crippen molar-refractivity contribution in [2.24, 2.45) is 0 Å². The highest BCUT2D eigenvalue weighted by atomic mass is 14.8. The lowest BCUT2D eigenvalue weighted by Gasteiger charge is -2.04. The van der Waals surface area contributed by atoms with Crippen LogP contribution in [-0.4, -0.2) is 9.97 Å². The third-order valence-corrected chi connectivity index (χ3v) is 2.25. The van der Waals surface area contributed by atoms with E-state index in [1.165, 1.54) is 11.1 Å². The van der Waals surface area contributed by atoms with Crippen molar-refractivity contribution in [1.82, 2.24) is 9.97 Å². The summed E-state index contributed by atoms with van der Waals surface area (Å²) in [6.07, 6.45) is 12.0. The van der Waals surface area contributed by atoms with Crippen LogP contribution in [0.2, 0.25) is 0 Å². The van der Waals surface area contributed by atoms with Crippen molar-refractivity contribution < 1.29 is 0 Å². The zero-order valence-electron chi connectivity index (χ0n) is 9.70. The Kier molecular flexibility index (Phi) is 4.75. The van der Waals surface area contributed by atoms with E-state index in [0.717, 1.165) is 18.5 Å². The fourth-order valence-corrected chi connectivity index (χ4v) is 1.55. The molecule has 0 aliphatic heterocycles. The van der Waals surface area contributed by atoms with Gasteiger partial charge in [-0.1, -0.05) is 32.9 Å². The van der Waals surface area contributed by atoms with Crippen molar-refractivity contribution in [2.75, 3.05) is 0 Å². The molecule has 0 radical (unpaired) electrons. The lowest BCUT2D eigenvalue weighted by atomic mass is 10.0. The molecule has 1 aromatic heterocycles. The van der Waals surface area contributed by atoms with Crippen LogP contribution in [0.25, 0.3) is 11.6 Å². The van der Waals surface area contributed by atoms with E-state index >= 15 is 0 Å². The van der Waals surface area contributed by atoms with Crippen LogP contribution in [0.15, 0.2) is 24.7 Å². The molecule has 1 aliphatic rings. The van der Waals surface area contributed by atoms with E-state index in [1.54, 1.807) is 6.33 Å². The number of hydrogen-bond acceptors (Lipinski definition) is 2. The molecule has 80 valence electrons. The van der Waals surface area contributed by atoms with Crippen molar-refractivity contribution >= 4 is 11.6 Å². The first-order chi connectivity index (χ1) is 7.42. The maximum Gasteiger partial charge on any atom is 0.116 e. The van der Waals surface area contributed by atoms with Gasteiger partial charge < -0.3 is 0 Å². The molecule has 0 saturated heterocycles. The molecule has 0 saturated carbocycles. The van der Waals surface area contributed by atoms with E-state index in [9.17, 15) is 0 Å². The monoisotopic (exact) mass is 202 g/mol. The second-order valence-electron chi connectivity index (χ2n) is 3.04. The zero-order chi connectivity index (χ0) is 11.1. The molecule has 0 bridgehead atoms. The SMILES string of the molecule is CC.CCC1=CCC=Cc2ncncc21. The molecule has 0 N–H and O–H groups in total. The van der Waals surface area contributed by atoms with Gasteiger partial charge in [-0.05, 0) is 24.5 Å². The summed E-state index contributed by atoms with van der Waals surface area (Å²) in [5, 5.41) is 0. The molecule has 15 heavy (non-hydrogen) atoms. The smallest absolute Gasteiger partial charge is 0.116 e. The topological polar surface area (TPSA) is 25.8 Å². The Hall–Kier alpha value is -1.44. The summed E-state index contributed by atoms with van der Waals surface area (Å²) >= 11 is 0. The second-order valence-corrected chi connectivity index (χ2v) is 3.04. The van der Waals surface area contributed by atoms with Crippen LogP contribution in [0, 0.1) is 0 Å². The summed E-state index contributed by atoms with van der Waals surface area (Å²) in [7, 11) is 0. The highest BCUT2D eigenvalue weighted by molar-refractivity contribution is 5.73. The molecular formula is C13H18N2. The van der Waals surface area contributed by atoms with Crippen molar-refractivity contribution in [2.45, 2.75) is 33.6 Å². The fourth-order valence-electron chi connectivity index (χ4n) is 1.55. The van der Waals surface area contributed by atoms with Gasteiger partial charge in [0.15, 0.2) is 0 Å². The molecule has 2 nitrogen and oxygen atoms in total. The van der Waals surface area contributed by atoms with Gasteiger partial charge in [0.25, 0.3) is 0 Å². The Morgan fingerprint density at radius 2 is 2.13 bits per heavy atom. The molecular weight excluding hydrogens is 184 g/mol. The minimum Gasteiger partial charge on any atom is -0.244 e. The molecule has 0 fully saturated rings. The van der Waals surface area contributed by atoms with E-state index in [1.807, 2.05) is 20.0 Å². The lowest BCUT2D eigenvalue weighted by Crippen LogP contribution is -1.91. The zero-order valence-corrected chi connectivity index (χ0v) is 9.70. The van der Waals surface area contributed by atoms with Crippen LogP contribution in [0.1, 0.15) is 44.9 Å². The number of aromatic nitrogens is 2. The minimum absolute atomic E-state index is 1.000. The van der Waals surface area contributed by atoms with Gasteiger partial charge in [0, 0.05) is 11.8 Å².